The molecular weight excluding hydrogens is 270 g/mol. The van der Waals surface area contributed by atoms with Gasteiger partial charge in [0, 0.05) is 12.1 Å². The Morgan fingerprint density at radius 1 is 1.58 bits per heavy atom. The van der Waals surface area contributed by atoms with E-state index in [-0.39, 0.29) is 17.4 Å². The molecule has 0 unspecified atom stereocenters. The molecule has 0 aliphatic carbocycles. The van der Waals surface area contributed by atoms with Gasteiger partial charge in [-0.15, -0.1) is 0 Å². The summed E-state index contributed by atoms with van der Waals surface area (Å²) in [6, 6.07) is 4.37. The van der Waals surface area contributed by atoms with Crippen molar-refractivity contribution in [3.05, 3.63) is 28.3 Å². The number of carbonyl (C=O) groups is 1. The van der Waals surface area contributed by atoms with E-state index in [1.807, 2.05) is 0 Å². The zero-order valence-corrected chi connectivity index (χ0v) is 10.9. The zero-order chi connectivity index (χ0) is 13.8. The van der Waals surface area contributed by atoms with Crippen LogP contribution in [0.1, 0.15) is 6.92 Å². The van der Waals surface area contributed by atoms with E-state index in [1.165, 1.54) is 23.9 Å². The molecule has 1 N–H and O–H groups in total. The lowest BCUT2D eigenvalue weighted by molar-refractivity contribution is -0.384. The van der Waals surface area contributed by atoms with E-state index in [9.17, 15) is 14.9 Å². The highest BCUT2D eigenvalue weighted by Gasteiger charge is 2.11. The number of aromatic amines is 1. The Kier molecular flexibility index (Phi) is 4.00. The van der Waals surface area contributed by atoms with Crippen LogP contribution in [0.4, 0.5) is 5.69 Å². The molecule has 100 valence electrons. The maximum absolute atomic E-state index is 11.2. The average molecular weight is 281 g/mol. The second-order valence-corrected chi connectivity index (χ2v) is 4.56. The summed E-state index contributed by atoms with van der Waals surface area (Å²) in [4.78, 5) is 28.5. The number of nitro groups is 1. The maximum Gasteiger partial charge on any atom is 0.316 e. The molecule has 0 bridgehead atoms. The predicted octanol–water partition coefficient (Wildman–Crippen LogP) is 2.13. The maximum atomic E-state index is 11.2. The summed E-state index contributed by atoms with van der Waals surface area (Å²) in [7, 11) is 0. The molecule has 0 saturated carbocycles. The number of thioether (sulfide) groups is 1. The van der Waals surface area contributed by atoms with Crippen LogP contribution in [0.3, 0.4) is 0 Å². The van der Waals surface area contributed by atoms with E-state index in [0.29, 0.717) is 22.8 Å². The first-order valence-electron chi connectivity index (χ1n) is 5.52. The van der Waals surface area contributed by atoms with Crippen LogP contribution in [0.15, 0.2) is 23.4 Å². The van der Waals surface area contributed by atoms with Gasteiger partial charge in [0.2, 0.25) is 0 Å². The Labute approximate surface area is 112 Å². The first kappa shape index (κ1) is 13.3. The molecule has 7 nitrogen and oxygen atoms in total. The Bertz CT molecular complexity index is 625. The molecule has 0 fully saturated rings. The topological polar surface area (TPSA) is 98.1 Å². The van der Waals surface area contributed by atoms with Crippen molar-refractivity contribution in [1.29, 1.82) is 0 Å². The van der Waals surface area contributed by atoms with E-state index >= 15 is 0 Å². The van der Waals surface area contributed by atoms with Crippen molar-refractivity contribution in [2.24, 2.45) is 0 Å². The normalized spacial score (nSPS) is 10.6. The summed E-state index contributed by atoms with van der Waals surface area (Å²) in [5, 5.41) is 11.2. The number of ether oxygens (including phenoxy) is 1. The number of nitrogens with one attached hydrogen (secondary N) is 1. The van der Waals surface area contributed by atoms with Crippen LogP contribution in [0.2, 0.25) is 0 Å². The number of rotatable bonds is 5. The summed E-state index contributed by atoms with van der Waals surface area (Å²) in [5.41, 5.74) is 1.19. The first-order chi connectivity index (χ1) is 9.10. The van der Waals surface area contributed by atoms with E-state index in [1.54, 1.807) is 13.0 Å². The lowest BCUT2D eigenvalue weighted by atomic mass is 10.3. The smallest absolute Gasteiger partial charge is 0.316 e. The number of carbonyl (C=O) groups excluding carboxylic acids is 1. The van der Waals surface area contributed by atoms with E-state index < -0.39 is 4.92 Å². The minimum atomic E-state index is -0.467. The summed E-state index contributed by atoms with van der Waals surface area (Å²) in [6.07, 6.45) is 0. The van der Waals surface area contributed by atoms with E-state index in [0.717, 1.165) is 0 Å². The number of fused-ring (bicyclic) bond motifs is 1. The lowest BCUT2D eigenvalue weighted by Crippen LogP contribution is -2.06. The first-order valence-corrected chi connectivity index (χ1v) is 6.51. The van der Waals surface area contributed by atoms with Crippen LogP contribution in [0.25, 0.3) is 11.0 Å². The third-order valence-electron chi connectivity index (χ3n) is 2.29. The summed E-state index contributed by atoms with van der Waals surface area (Å²) < 4.78 is 4.80. The number of hydrogen-bond donors (Lipinski definition) is 1. The number of non-ortho nitro benzene ring substituents is 1. The minimum absolute atomic E-state index is 0.00177. The number of nitrogens with zero attached hydrogens (tertiary/aromatic N) is 2. The molecule has 0 saturated heterocycles. The number of esters is 1. The Morgan fingerprint density at radius 2 is 2.37 bits per heavy atom. The predicted molar refractivity (Wildman–Crippen MR) is 70.1 cm³/mol. The number of nitro benzene ring substituents is 1. The van der Waals surface area contributed by atoms with Crippen LogP contribution in [-0.2, 0) is 9.53 Å². The van der Waals surface area contributed by atoms with E-state index in [4.69, 9.17) is 4.74 Å². The SMILES string of the molecule is CCOC(=O)CSc1nc2ccc([N+](=O)[O-])cc2[nH]1. The monoisotopic (exact) mass is 281 g/mol. The third-order valence-corrected chi connectivity index (χ3v) is 3.13. The van der Waals surface area contributed by atoms with Gasteiger partial charge < -0.3 is 9.72 Å². The molecule has 2 aromatic rings. The Balaban J connectivity index is 2.13. The van der Waals surface area contributed by atoms with Crippen LogP contribution >= 0.6 is 11.8 Å². The molecule has 8 heteroatoms. The quantitative estimate of drug-likeness (QED) is 0.390. The fraction of sp³-hybridized carbons (Fsp3) is 0.273. The Hall–Kier alpha value is -2.09. The summed E-state index contributed by atoms with van der Waals surface area (Å²) in [6.45, 7) is 2.08. The van der Waals surface area contributed by atoms with Gasteiger partial charge in [-0.3, -0.25) is 14.9 Å². The van der Waals surface area contributed by atoms with Gasteiger partial charge in [0.25, 0.3) is 5.69 Å². The highest BCUT2D eigenvalue weighted by molar-refractivity contribution is 7.99. The van der Waals surface area contributed by atoms with Gasteiger partial charge in [-0.1, -0.05) is 11.8 Å². The fourth-order valence-electron chi connectivity index (χ4n) is 1.49. The molecule has 1 aromatic heterocycles. The lowest BCUT2D eigenvalue weighted by Gasteiger charge is -1.98. The van der Waals surface area contributed by atoms with Crippen molar-refractivity contribution in [2.45, 2.75) is 12.1 Å². The van der Waals surface area contributed by atoms with Crippen LogP contribution < -0.4 is 0 Å². The highest BCUT2D eigenvalue weighted by atomic mass is 32.2. The third kappa shape index (κ3) is 3.22. The molecule has 19 heavy (non-hydrogen) atoms. The number of benzene rings is 1. The van der Waals surface area contributed by atoms with Gasteiger partial charge in [-0.2, -0.15) is 0 Å². The summed E-state index contributed by atoms with van der Waals surface area (Å²) in [5.74, 6) is -0.172. The number of H-pyrrole nitrogens is 1. The standard InChI is InChI=1S/C11H11N3O4S/c1-2-18-10(15)6-19-11-12-8-4-3-7(14(16)17)5-9(8)13-11/h3-5H,2,6H2,1H3,(H,12,13). The number of hydrogen-bond acceptors (Lipinski definition) is 6. The summed E-state index contributed by atoms with van der Waals surface area (Å²) >= 11 is 1.20. The molecule has 0 amide bonds. The van der Waals surface area contributed by atoms with Crippen LogP contribution in [0, 0.1) is 10.1 Å². The van der Waals surface area contributed by atoms with Gasteiger partial charge in [0.1, 0.15) is 0 Å². The Morgan fingerprint density at radius 3 is 3.05 bits per heavy atom. The van der Waals surface area contributed by atoms with Crippen LogP contribution in [0.5, 0.6) is 0 Å². The molecular formula is C11H11N3O4S. The van der Waals surface area contributed by atoms with Gasteiger partial charge >= 0.3 is 5.97 Å². The highest BCUT2D eigenvalue weighted by Crippen LogP contribution is 2.23. The minimum Gasteiger partial charge on any atom is -0.465 e. The molecule has 2 rings (SSSR count). The number of aromatic nitrogens is 2. The molecule has 1 heterocycles. The largest absolute Gasteiger partial charge is 0.465 e. The molecule has 1 aromatic carbocycles. The number of imidazole rings is 1. The molecule has 0 atom stereocenters. The van der Waals surface area contributed by atoms with Crippen molar-refractivity contribution in [3.8, 4) is 0 Å². The van der Waals surface area contributed by atoms with Gasteiger partial charge in [-0.05, 0) is 13.0 Å². The second kappa shape index (κ2) is 5.70. The van der Waals surface area contributed by atoms with Gasteiger partial charge in [0.15, 0.2) is 5.16 Å². The second-order valence-electron chi connectivity index (χ2n) is 3.59. The average Bonchev–Trinajstić information content (AvgIpc) is 2.78. The van der Waals surface area contributed by atoms with Gasteiger partial charge in [0.05, 0.1) is 28.3 Å². The van der Waals surface area contributed by atoms with Crippen molar-refractivity contribution < 1.29 is 14.5 Å². The molecule has 0 spiro atoms. The molecule has 0 aliphatic rings. The van der Waals surface area contributed by atoms with Crippen molar-refractivity contribution in [3.63, 3.8) is 0 Å². The van der Waals surface area contributed by atoms with Gasteiger partial charge in [-0.25, -0.2) is 4.98 Å². The zero-order valence-electron chi connectivity index (χ0n) is 10.1. The van der Waals surface area contributed by atoms with Crippen LogP contribution in [-0.4, -0.2) is 33.2 Å². The van der Waals surface area contributed by atoms with Crippen molar-refractivity contribution in [1.82, 2.24) is 9.97 Å². The molecule has 0 radical (unpaired) electrons. The van der Waals surface area contributed by atoms with E-state index in [2.05, 4.69) is 9.97 Å². The van der Waals surface area contributed by atoms with Crippen molar-refractivity contribution in [2.75, 3.05) is 12.4 Å². The van der Waals surface area contributed by atoms with Crippen molar-refractivity contribution >= 4 is 34.5 Å². The molecule has 0 aliphatic heterocycles. The fourth-order valence-corrected chi connectivity index (χ4v) is 2.17.